The van der Waals surface area contributed by atoms with Crippen LogP contribution in [0.15, 0.2) is 24.3 Å². The van der Waals surface area contributed by atoms with Crippen molar-refractivity contribution in [1.29, 1.82) is 0 Å². The maximum Gasteiger partial charge on any atom is 0.327 e. The number of phenols is 1. The van der Waals surface area contributed by atoms with E-state index in [1.807, 2.05) is 0 Å². The molecule has 3 amide bonds. The molecule has 1 rings (SSSR count). The Kier molecular flexibility index (Phi) is 12.0. The van der Waals surface area contributed by atoms with Crippen LogP contribution in [0.3, 0.4) is 0 Å². The van der Waals surface area contributed by atoms with Crippen molar-refractivity contribution in [2.75, 3.05) is 5.75 Å². The summed E-state index contributed by atoms with van der Waals surface area (Å²) in [5, 5.41) is 34.6. The van der Waals surface area contributed by atoms with Crippen LogP contribution in [-0.4, -0.2) is 74.9 Å². The molecule has 0 aliphatic heterocycles. The van der Waals surface area contributed by atoms with Crippen LogP contribution in [0.1, 0.15) is 32.3 Å². The number of hydrogen-bond acceptors (Lipinski definition) is 8. The molecule has 0 bridgehead atoms. The Balaban J connectivity index is 2.97. The van der Waals surface area contributed by atoms with Gasteiger partial charge in [-0.25, -0.2) is 4.79 Å². The molecule has 12 nitrogen and oxygen atoms in total. The molecule has 0 aliphatic carbocycles. The fourth-order valence-corrected chi connectivity index (χ4v) is 3.29. The Hall–Kier alpha value is -3.32. The zero-order chi connectivity index (χ0) is 26.7. The van der Waals surface area contributed by atoms with E-state index in [9.17, 15) is 29.1 Å². The highest BCUT2D eigenvalue weighted by Gasteiger charge is 2.33. The summed E-state index contributed by atoms with van der Waals surface area (Å²) in [6.07, 6.45) is -0.217. The normalized spacial score (nSPS) is 15.1. The summed E-state index contributed by atoms with van der Waals surface area (Å²) < 4.78 is 0. The lowest BCUT2D eigenvalue weighted by molar-refractivity contribution is -0.143. The predicted octanol–water partition coefficient (Wildman–Crippen LogP) is -0.748. The number of nitrogens with two attached hydrogens (primary N) is 1. The van der Waals surface area contributed by atoms with Gasteiger partial charge in [-0.2, -0.15) is 12.6 Å². The quantitative estimate of drug-likeness (QED) is 0.147. The van der Waals surface area contributed by atoms with Crippen LogP contribution >= 0.6 is 12.6 Å². The zero-order valence-electron chi connectivity index (χ0n) is 19.4. The van der Waals surface area contributed by atoms with Crippen LogP contribution in [0.5, 0.6) is 5.75 Å². The average molecular weight is 513 g/mol. The molecule has 0 aliphatic rings. The number of phenolic OH excluding ortho intramolecular Hbond substituents is 1. The van der Waals surface area contributed by atoms with Crippen molar-refractivity contribution in [2.24, 2.45) is 11.7 Å². The molecule has 13 heteroatoms. The van der Waals surface area contributed by atoms with E-state index < -0.39 is 66.2 Å². The Labute approximate surface area is 208 Å². The lowest BCUT2D eigenvalue weighted by Gasteiger charge is -2.27. The molecule has 0 fully saturated rings. The number of carbonyl (C=O) groups excluding carboxylic acids is 3. The van der Waals surface area contributed by atoms with E-state index in [4.69, 9.17) is 15.9 Å². The van der Waals surface area contributed by atoms with Crippen molar-refractivity contribution in [1.82, 2.24) is 16.0 Å². The molecule has 5 unspecified atom stereocenters. The topological polar surface area (TPSA) is 208 Å². The third kappa shape index (κ3) is 9.83. The first-order valence-corrected chi connectivity index (χ1v) is 11.5. The van der Waals surface area contributed by atoms with Crippen molar-refractivity contribution in [3.63, 3.8) is 0 Å². The molecular formula is C22H32N4O8S. The minimum atomic E-state index is -1.59. The smallest absolute Gasteiger partial charge is 0.327 e. The number of thiol groups is 1. The van der Waals surface area contributed by atoms with Gasteiger partial charge >= 0.3 is 11.9 Å². The summed E-state index contributed by atoms with van der Waals surface area (Å²) in [7, 11) is 0. The first-order valence-electron chi connectivity index (χ1n) is 10.9. The summed E-state index contributed by atoms with van der Waals surface area (Å²) in [6, 6.07) is 0.971. The number of amides is 3. The van der Waals surface area contributed by atoms with Gasteiger partial charge in [-0.05, 0) is 30.0 Å². The summed E-state index contributed by atoms with van der Waals surface area (Å²) >= 11 is 3.84. The zero-order valence-corrected chi connectivity index (χ0v) is 20.3. The fraction of sp³-hybridized carbons (Fsp3) is 0.500. The number of benzene rings is 1. The van der Waals surface area contributed by atoms with E-state index >= 15 is 0 Å². The second-order valence-electron chi connectivity index (χ2n) is 8.09. The molecule has 35 heavy (non-hydrogen) atoms. The van der Waals surface area contributed by atoms with Crippen molar-refractivity contribution in [2.45, 2.75) is 57.3 Å². The van der Waals surface area contributed by atoms with Gasteiger partial charge in [0.2, 0.25) is 17.7 Å². The number of hydrogen-bond donors (Lipinski definition) is 8. The van der Waals surface area contributed by atoms with Crippen molar-refractivity contribution in [3.8, 4) is 5.75 Å². The Morgan fingerprint density at radius 1 is 0.943 bits per heavy atom. The van der Waals surface area contributed by atoms with E-state index in [1.165, 1.54) is 12.1 Å². The fourth-order valence-electron chi connectivity index (χ4n) is 3.04. The number of aromatic hydroxyl groups is 1. The number of nitrogens with one attached hydrogen (secondary N) is 3. The summed E-state index contributed by atoms with van der Waals surface area (Å²) in [4.78, 5) is 60.6. The maximum absolute atomic E-state index is 13.0. The van der Waals surface area contributed by atoms with Gasteiger partial charge in [0.15, 0.2) is 0 Å². The third-order valence-electron chi connectivity index (χ3n) is 5.33. The number of carboxylic acids is 2. The Morgan fingerprint density at radius 2 is 1.51 bits per heavy atom. The highest BCUT2D eigenvalue weighted by Crippen LogP contribution is 2.12. The molecule has 0 heterocycles. The average Bonchev–Trinajstić information content (AvgIpc) is 2.80. The van der Waals surface area contributed by atoms with E-state index in [-0.39, 0.29) is 17.9 Å². The molecule has 5 atom stereocenters. The Morgan fingerprint density at radius 3 is 2.00 bits per heavy atom. The largest absolute Gasteiger partial charge is 0.508 e. The number of aliphatic carboxylic acids is 2. The first kappa shape index (κ1) is 29.7. The van der Waals surface area contributed by atoms with Crippen LogP contribution in [-0.2, 0) is 30.4 Å². The van der Waals surface area contributed by atoms with E-state index in [0.29, 0.717) is 12.0 Å². The minimum absolute atomic E-state index is 0.0595. The molecule has 0 spiro atoms. The summed E-state index contributed by atoms with van der Waals surface area (Å²) in [5.41, 5.74) is 6.67. The van der Waals surface area contributed by atoms with Crippen molar-refractivity contribution >= 4 is 42.3 Å². The summed E-state index contributed by atoms with van der Waals surface area (Å²) in [5.74, 6) is -5.84. The first-order chi connectivity index (χ1) is 16.4. The van der Waals surface area contributed by atoms with Gasteiger partial charge in [-0.15, -0.1) is 0 Å². The molecule has 0 saturated heterocycles. The molecule has 1 aromatic carbocycles. The van der Waals surface area contributed by atoms with Gasteiger partial charge in [0, 0.05) is 5.75 Å². The lowest BCUT2D eigenvalue weighted by Crippen LogP contribution is -2.59. The highest BCUT2D eigenvalue weighted by atomic mass is 32.1. The Bertz CT molecular complexity index is 911. The molecule has 0 radical (unpaired) electrons. The van der Waals surface area contributed by atoms with E-state index in [2.05, 4.69) is 28.6 Å². The lowest BCUT2D eigenvalue weighted by atomic mass is 9.96. The van der Waals surface area contributed by atoms with Gasteiger partial charge in [0.25, 0.3) is 0 Å². The maximum atomic E-state index is 13.0. The number of carboxylic acid groups (broad SMARTS) is 2. The minimum Gasteiger partial charge on any atom is -0.508 e. The van der Waals surface area contributed by atoms with Gasteiger partial charge in [-0.3, -0.25) is 19.2 Å². The standard InChI is InChI=1S/C22H32N4O8S/c1-3-11(2)18(26-19(30)14(23)8-12-4-6-13(27)7-5-12)21(32)24-15(9-17(28)29)20(31)25-16(10-35)22(33)34/h4-7,11,14-16,18,27,35H,3,8-10,23H2,1-2H3,(H,24,32)(H,25,31)(H,26,30)(H,28,29)(H,33,34). The molecule has 194 valence electrons. The molecular weight excluding hydrogens is 480 g/mol. The van der Waals surface area contributed by atoms with Crippen LogP contribution in [0.4, 0.5) is 0 Å². The van der Waals surface area contributed by atoms with Crippen LogP contribution in [0.25, 0.3) is 0 Å². The van der Waals surface area contributed by atoms with Crippen molar-refractivity contribution < 1.29 is 39.3 Å². The van der Waals surface area contributed by atoms with Gasteiger partial charge in [-0.1, -0.05) is 32.4 Å². The second kappa shape index (κ2) is 14.2. The van der Waals surface area contributed by atoms with E-state index in [0.717, 1.165) is 0 Å². The third-order valence-corrected chi connectivity index (χ3v) is 5.70. The van der Waals surface area contributed by atoms with Crippen LogP contribution in [0.2, 0.25) is 0 Å². The SMILES string of the molecule is CCC(C)C(NC(=O)C(N)Cc1ccc(O)cc1)C(=O)NC(CC(=O)O)C(=O)NC(CS)C(=O)O. The molecule has 0 saturated carbocycles. The van der Waals surface area contributed by atoms with Gasteiger partial charge in [0.1, 0.15) is 23.9 Å². The molecule has 0 aromatic heterocycles. The van der Waals surface area contributed by atoms with E-state index in [1.54, 1.807) is 26.0 Å². The highest BCUT2D eigenvalue weighted by molar-refractivity contribution is 7.80. The predicted molar refractivity (Wildman–Crippen MR) is 129 cm³/mol. The van der Waals surface area contributed by atoms with Crippen molar-refractivity contribution in [3.05, 3.63) is 29.8 Å². The number of rotatable bonds is 14. The summed E-state index contributed by atoms with van der Waals surface area (Å²) in [6.45, 7) is 3.46. The molecule has 1 aromatic rings. The number of carbonyl (C=O) groups is 5. The van der Waals surface area contributed by atoms with Crippen LogP contribution < -0.4 is 21.7 Å². The second-order valence-corrected chi connectivity index (χ2v) is 8.46. The van der Waals surface area contributed by atoms with Crippen LogP contribution in [0, 0.1) is 5.92 Å². The van der Waals surface area contributed by atoms with Gasteiger partial charge < -0.3 is 37.0 Å². The molecule has 8 N–H and O–H groups in total. The monoisotopic (exact) mass is 512 g/mol. The van der Waals surface area contributed by atoms with Gasteiger partial charge in [0.05, 0.1) is 12.5 Å².